The Morgan fingerprint density at radius 2 is 2.00 bits per heavy atom. The van der Waals surface area contributed by atoms with Gasteiger partial charge in [-0.15, -0.1) is 0 Å². The van der Waals surface area contributed by atoms with Crippen LogP contribution < -0.4 is 16.0 Å². The summed E-state index contributed by atoms with van der Waals surface area (Å²) in [4.78, 5) is 24.5. The van der Waals surface area contributed by atoms with Crippen molar-refractivity contribution >= 4 is 23.2 Å². The van der Waals surface area contributed by atoms with Crippen LogP contribution in [0.2, 0.25) is 0 Å². The minimum Gasteiger partial charge on any atom is -0.378 e. The number of anilines is 2. The molecule has 142 valence electrons. The van der Waals surface area contributed by atoms with E-state index in [1.807, 2.05) is 0 Å². The van der Waals surface area contributed by atoms with Gasteiger partial charge in [0.15, 0.2) is 0 Å². The molecule has 1 aromatic carbocycles. The first-order chi connectivity index (χ1) is 12.6. The molecule has 2 aliphatic rings. The Balaban J connectivity index is 1.57. The molecule has 1 aliphatic carbocycles. The zero-order valence-corrected chi connectivity index (χ0v) is 14.9. The average Bonchev–Trinajstić information content (AvgIpc) is 2.66. The standard InChI is InChI=1S/C19H26FN3O3/c20-16-7-6-14(22-18(24)11-15-12-26-9-8-21-15)10-17(16)23-19(25)13-4-2-1-3-5-13/h6-7,10,13,15,21H,1-5,8-9,11-12H2,(H,22,24)(H,23,25). The molecule has 1 aliphatic heterocycles. The molecule has 3 N–H and O–H groups in total. The van der Waals surface area contributed by atoms with Gasteiger partial charge < -0.3 is 20.7 Å². The summed E-state index contributed by atoms with van der Waals surface area (Å²) in [6.07, 6.45) is 5.20. The van der Waals surface area contributed by atoms with Gasteiger partial charge in [0.1, 0.15) is 5.82 Å². The van der Waals surface area contributed by atoms with E-state index in [0.29, 0.717) is 18.9 Å². The van der Waals surface area contributed by atoms with Gasteiger partial charge >= 0.3 is 0 Å². The van der Waals surface area contributed by atoms with Gasteiger partial charge in [-0.2, -0.15) is 0 Å². The molecule has 0 radical (unpaired) electrons. The van der Waals surface area contributed by atoms with Crippen molar-refractivity contribution in [2.24, 2.45) is 5.92 Å². The number of hydrogen-bond donors (Lipinski definition) is 3. The van der Waals surface area contributed by atoms with Gasteiger partial charge in [-0.3, -0.25) is 9.59 Å². The van der Waals surface area contributed by atoms with Crippen LogP contribution in [-0.4, -0.2) is 37.6 Å². The lowest BCUT2D eigenvalue weighted by Crippen LogP contribution is -2.43. The summed E-state index contributed by atoms with van der Waals surface area (Å²) in [5, 5.41) is 8.65. The molecule has 0 aromatic heterocycles. The number of benzene rings is 1. The van der Waals surface area contributed by atoms with E-state index >= 15 is 0 Å². The second-order valence-electron chi connectivity index (χ2n) is 7.00. The highest BCUT2D eigenvalue weighted by Crippen LogP contribution is 2.26. The predicted molar refractivity (Wildman–Crippen MR) is 97.5 cm³/mol. The Hall–Kier alpha value is -1.99. The number of carbonyl (C=O) groups is 2. The van der Waals surface area contributed by atoms with Crippen molar-refractivity contribution in [1.29, 1.82) is 0 Å². The maximum Gasteiger partial charge on any atom is 0.227 e. The van der Waals surface area contributed by atoms with E-state index in [4.69, 9.17) is 4.74 Å². The fraction of sp³-hybridized carbons (Fsp3) is 0.579. The number of halogens is 1. The Bertz CT molecular complexity index is 641. The van der Waals surface area contributed by atoms with Crippen LogP contribution >= 0.6 is 0 Å². The van der Waals surface area contributed by atoms with Gasteiger partial charge in [0.2, 0.25) is 11.8 Å². The molecular formula is C19H26FN3O3. The first-order valence-corrected chi connectivity index (χ1v) is 9.33. The molecule has 1 aromatic rings. The second kappa shape index (κ2) is 9.09. The number of hydrogen-bond acceptors (Lipinski definition) is 4. The lowest BCUT2D eigenvalue weighted by molar-refractivity contribution is -0.120. The third kappa shape index (κ3) is 5.25. The molecule has 2 amide bonds. The highest BCUT2D eigenvalue weighted by molar-refractivity contribution is 5.95. The van der Waals surface area contributed by atoms with Crippen molar-refractivity contribution in [2.75, 3.05) is 30.4 Å². The molecule has 7 heteroatoms. The van der Waals surface area contributed by atoms with E-state index in [2.05, 4.69) is 16.0 Å². The van der Waals surface area contributed by atoms with Crippen LogP contribution in [0, 0.1) is 11.7 Å². The molecule has 1 saturated heterocycles. The highest BCUT2D eigenvalue weighted by Gasteiger charge is 2.22. The van der Waals surface area contributed by atoms with Crippen LogP contribution in [0.15, 0.2) is 18.2 Å². The van der Waals surface area contributed by atoms with Crippen LogP contribution in [0.4, 0.5) is 15.8 Å². The lowest BCUT2D eigenvalue weighted by Gasteiger charge is -2.23. The molecule has 0 bridgehead atoms. The predicted octanol–water partition coefficient (Wildman–Crippen LogP) is 2.66. The Morgan fingerprint density at radius 1 is 1.19 bits per heavy atom. The fourth-order valence-corrected chi connectivity index (χ4v) is 3.49. The quantitative estimate of drug-likeness (QED) is 0.751. The molecular weight excluding hydrogens is 337 g/mol. The summed E-state index contributed by atoms with van der Waals surface area (Å²) in [7, 11) is 0. The molecule has 3 rings (SSSR count). The molecule has 1 atom stereocenters. The van der Waals surface area contributed by atoms with Gasteiger partial charge in [0.25, 0.3) is 0 Å². The SMILES string of the molecule is O=C(CC1COCCN1)Nc1ccc(F)c(NC(=O)C2CCCCC2)c1. The number of ether oxygens (including phenoxy) is 1. The molecule has 2 fully saturated rings. The monoisotopic (exact) mass is 363 g/mol. The van der Waals surface area contributed by atoms with Crippen molar-refractivity contribution in [2.45, 2.75) is 44.6 Å². The highest BCUT2D eigenvalue weighted by atomic mass is 19.1. The van der Waals surface area contributed by atoms with E-state index in [1.54, 1.807) is 0 Å². The number of rotatable bonds is 5. The summed E-state index contributed by atoms with van der Waals surface area (Å²) in [6.45, 7) is 1.88. The molecule has 0 spiro atoms. The lowest BCUT2D eigenvalue weighted by atomic mass is 9.88. The maximum atomic E-state index is 14.1. The number of nitrogens with one attached hydrogen (secondary N) is 3. The van der Waals surface area contributed by atoms with Gasteiger partial charge in [-0.05, 0) is 31.0 Å². The zero-order valence-electron chi connectivity index (χ0n) is 14.9. The summed E-state index contributed by atoms with van der Waals surface area (Å²) in [6, 6.07) is 4.20. The van der Waals surface area contributed by atoms with E-state index in [9.17, 15) is 14.0 Å². The third-order valence-electron chi connectivity index (χ3n) is 4.91. The van der Waals surface area contributed by atoms with Crippen molar-refractivity contribution in [3.8, 4) is 0 Å². The Kier molecular flexibility index (Phi) is 6.57. The minimum atomic E-state index is -0.505. The van der Waals surface area contributed by atoms with Gasteiger partial charge in [0.05, 0.1) is 18.9 Å². The van der Waals surface area contributed by atoms with Crippen LogP contribution in [0.5, 0.6) is 0 Å². The van der Waals surface area contributed by atoms with E-state index in [0.717, 1.165) is 38.6 Å². The third-order valence-corrected chi connectivity index (χ3v) is 4.91. The van der Waals surface area contributed by atoms with Gasteiger partial charge in [-0.1, -0.05) is 19.3 Å². The van der Waals surface area contributed by atoms with Gasteiger partial charge in [-0.25, -0.2) is 4.39 Å². The topological polar surface area (TPSA) is 79.5 Å². The first kappa shape index (κ1) is 18.8. The summed E-state index contributed by atoms with van der Waals surface area (Å²) < 4.78 is 19.4. The minimum absolute atomic E-state index is 0.0188. The average molecular weight is 363 g/mol. The molecule has 1 saturated carbocycles. The summed E-state index contributed by atoms with van der Waals surface area (Å²) >= 11 is 0. The molecule has 1 heterocycles. The Labute approximate surface area is 152 Å². The largest absolute Gasteiger partial charge is 0.378 e. The Morgan fingerprint density at radius 3 is 2.73 bits per heavy atom. The maximum absolute atomic E-state index is 14.1. The zero-order chi connectivity index (χ0) is 18.4. The molecule has 6 nitrogen and oxygen atoms in total. The van der Waals surface area contributed by atoms with E-state index < -0.39 is 5.82 Å². The van der Waals surface area contributed by atoms with Crippen molar-refractivity contribution in [3.05, 3.63) is 24.0 Å². The summed E-state index contributed by atoms with van der Waals surface area (Å²) in [5.74, 6) is -0.881. The molecule has 26 heavy (non-hydrogen) atoms. The van der Waals surface area contributed by atoms with Crippen LogP contribution in [0.3, 0.4) is 0 Å². The summed E-state index contributed by atoms with van der Waals surface area (Å²) in [5.41, 5.74) is 0.574. The normalized spacial score (nSPS) is 21.2. The number of amides is 2. The van der Waals surface area contributed by atoms with Crippen molar-refractivity contribution in [1.82, 2.24) is 5.32 Å². The smallest absolute Gasteiger partial charge is 0.227 e. The molecule has 1 unspecified atom stereocenters. The van der Waals surface area contributed by atoms with Gasteiger partial charge in [0, 0.05) is 30.6 Å². The fourth-order valence-electron chi connectivity index (χ4n) is 3.49. The van der Waals surface area contributed by atoms with Crippen LogP contribution in [-0.2, 0) is 14.3 Å². The van der Waals surface area contributed by atoms with E-state index in [1.165, 1.54) is 18.2 Å². The van der Waals surface area contributed by atoms with Crippen LogP contribution in [0.25, 0.3) is 0 Å². The number of carbonyl (C=O) groups excluding carboxylic acids is 2. The van der Waals surface area contributed by atoms with E-state index in [-0.39, 0.29) is 35.9 Å². The van der Waals surface area contributed by atoms with Crippen molar-refractivity contribution < 1.29 is 18.7 Å². The van der Waals surface area contributed by atoms with Crippen molar-refractivity contribution in [3.63, 3.8) is 0 Å². The first-order valence-electron chi connectivity index (χ1n) is 9.33. The number of morpholine rings is 1. The second-order valence-corrected chi connectivity index (χ2v) is 7.00. The van der Waals surface area contributed by atoms with Crippen LogP contribution in [0.1, 0.15) is 38.5 Å².